The minimum absolute atomic E-state index is 0.0924. The number of nitrogens with zero attached hydrogens (tertiary/aromatic N) is 5. The first-order chi connectivity index (χ1) is 26.3. The highest BCUT2D eigenvalue weighted by molar-refractivity contribution is 9.10. The van der Waals surface area contributed by atoms with Gasteiger partial charge < -0.3 is 23.8 Å². The SMILES string of the molecule is CC(C)=NOCCOC(=O)[C@@H](C)Oc1ccc(Oc2cnc3cc(Cl)ccc3n2)cc1.CC(C)OC(=O)c1cc(-c2nn(C)c(C(F)(F)F)c2Br)c(F)cc1Cl. The van der Waals surface area contributed by atoms with Gasteiger partial charge in [0, 0.05) is 17.6 Å². The molecule has 0 spiro atoms. The summed E-state index contributed by atoms with van der Waals surface area (Å²) in [5.74, 6) is -0.825. The number of aromatic nitrogens is 4. The van der Waals surface area contributed by atoms with E-state index in [1.54, 1.807) is 63.2 Å². The molecule has 19 heteroatoms. The molecule has 0 bridgehead atoms. The Bertz CT molecular complexity index is 2220. The number of fused-ring (bicyclic) bond motifs is 1. The number of carbonyl (C=O) groups excluding carboxylic acids is 2. The summed E-state index contributed by atoms with van der Waals surface area (Å²) in [4.78, 5) is 37.7. The molecule has 2 aromatic heterocycles. The lowest BCUT2D eigenvalue weighted by Crippen LogP contribution is -2.27. The number of oxime groups is 1. The average molecular weight is 888 g/mol. The molecule has 0 saturated carbocycles. The van der Waals surface area contributed by atoms with Crippen LogP contribution < -0.4 is 9.47 Å². The van der Waals surface area contributed by atoms with Crippen LogP contribution in [0.25, 0.3) is 22.3 Å². The number of esters is 2. The van der Waals surface area contributed by atoms with Crippen molar-refractivity contribution in [3.8, 4) is 28.6 Å². The van der Waals surface area contributed by atoms with Gasteiger partial charge in [0.2, 0.25) is 5.88 Å². The molecule has 298 valence electrons. The number of aryl methyl sites for hydroxylation is 1. The molecule has 0 fully saturated rings. The zero-order valence-electron chi connectivity index (χ0n) is 30.6. The topological polar surface area (TPSA) is 136 Å². The van der Waals surface area contributed by atoms with E-state index in [9.17, 15) is 27.2 Å². The molecule has 2 heterocycles. The third kappa shape index (κ3) is 12.0. The first-order valence-corrected chi connectivity index (χ1v) is 18.1. The van der Waals surface area contributed by atoms with Gasteiger partial charge in [-0.3, -0.25) is 4.68 Å². The summed E-state index contributed by atoms with van der Waals surface area (Å²) in [6.45, 7) is 8.73. The highest BCUT2D eigenvalue weighted by atomic mass is 79.9. The second kappa shape index (κ2) is 19.2. The molecule has 0 aliphatic heterocycles. The Balaban J connectivity index is 0.000000255. The van der Waals surface area contributed by atoms with Crippen molar-refractivity contribution in [1.29, 1.82) is 0 Å². The smallest absolute Gasteiger partial charge is 0.434 e. The van der Waals surface area contributed by atoms with Crippen LogP contribution in [0.5, 0.6) is 17.4 Å². The molecule has 0 amide bonds. The standard InChI is InChI=1S/C22H22ClN3O5.C15H12BrClF4N2O2/c1-14(2)26-29-11-10-28-22(27)15(3)30-17-5-7-18(8-6-17)31-21-13-24-20-12-16(23)4-9-19(20)25-21;1-6(2)25-14(24)7-4-8(10(18)5-9(7)17)12-11(16)13(15(19,20)21)23(3)22-12/h4-9,12-13,15H,10-11H2,1-3H3;4-6H,1-3H3/t15-;/m1./s1. The minimum atomic E-state index is -4.69. The molecule has 0 N–H and O–H groups in total. The molecule has 12 nitrogen and oxygen atoms in total. The lowest BCUT2D eigenvalue weighted by atomic mass is 10.1. The van der Waals surface area contributed by atoms with Crippen molar-refractivity contribution in [3.63, 3.8) is 0 Å². The lowest BCUT2D eigenvalue weighted by Gasteiger charge is -2.14. The van der Waals surface area contributed by atoms with Crippen LogP contribution in [0.2, 0.25) is 10.0 Å². The third-order valence-electron chi connectivity index (χ3n) is 6.97. The molecule has 0 aliphatic carbocycles. The molecule has 0 unspecified atom stereocenters. The second-order valence-corrected chi connectivity index (χ2v) is 13.7. The number of benzene rings is 3. The van der Waals surface area contributed by atoms with E-state index in [0.717, 1.165) is 24.9 Å². The maximum absolute atomic E-state index is 14.3. The van der Waals surface area contributed by atoms with Crippen LogP contribution in [0, 0.1) is 5.82 Å². The molecule has 0 aliphatic rings. The number of rotatable bonds is 12. The fraction of sp³-hybridized carbons (Fsp3) is 0.297. The number of hydrogen-bond donors (Lipinski definition) is 0. The Morgan fingerprint density at radius 3 is 2.27 bits per heavy atom. The van der Waals surface area contributed by atoms with Crippen molar-refractivity contribution in [2.24, 2.45) is 12.2 Å². The van der Waals surface area contributed by atoms with Crippen LogP contribution in [0.1, 0.15) is 50.7 Å². The van der Waals surface area contributed by atoms with E-state index < -0.39 is 46.3 Å². The summed E-state index contributed by atoms with van der Waals surface area (Å²) in [5, 5.41) is 7.86. The Morgan fingerprint density at radius 1 is 0.964 bits per heavy atom. The lowest BCUT2D eigenvalue weighted by molar-refractivity contribution is -0.152. The normalized spacial score (nSPS) is 11.7. The summed E-state index contributed by atoms with van der Waals surface area (Å²) in [6.07, 6.45) is -4.39. The molecular formula is C37H34BrCl2F4N5O7. The summed E-state index contributed by atoms with van der Waals surface area (Å²) in [5.41, 5.74) is 0.287. The minimum Gasteiger partial charge on any atom is -0.479 e. The van der Waals surface area contributed by atoms with Gasteiger partial charge >= 0.3 is 18.1 Å². The predicted molar refractivity (Wildman–Crippen MR) is 204 cm³/mol. The van der Waals surface area contributed by atoms with Crippen molar-refractivity contribution < 1.29 is 50.9 Å². The zero-order valence-corrected chi connectivity index (χ0v) is 33.7. The van der Waals surface area contributed by atoms with Crippen molar-refractivity contribution in [2.75, 3.05) is 13.2 Å². The molecule has 1 atom stereocenters. The number of carbonyl (C=O) groups is 2. The molecule has 0 saturated heterocycles. The number of ether oxygens (including phenoxy) is 4. The van der Waals surface area contributed by atoms with Gasteiger partial charge in [0.1, 0.15) is 29.6 Å². The van der Waals surface area contributed by atoms with Crippen LogP contribution in [0.4, 0.5) is 17.6 Å². The van der Waals surface area contributed by atoms with Gasteiger partial charge in [-0.05, 0) is 105 Å². The Labute approximate surface area is 336 Å². The van der Waals surface area contributed by atoms with Gasteiger partial charge in [0.05, 0.1) is 44.1 Å². The van der Waals surface area contributed by atoms with Crippen molar-refractivity contribution in [2.45, 2.75) is 53.0 Å². The molecule has 56 heavy (non-hydrogen) atoms. The number of alkyl halides is 3. The van der Waals surface area contributed by atoms with Crippen molar-refractivity contribution >= 4 is 67.8 Å². The van der Waals surface area contributed by atoms with Gasteiger partial charge in [-0.15, -0.1) is 0 Å². The fourth-order valence-electron chi connectivity index (χ4n) is 4.59. The Kier molecular flexibility index (Phi) is 15.0. The van der Waals surface area contributed by atoms with Gasteiger partial charge in [-0.2, -0.15) is 18.3 Å². The van der Waals surface area contributed by atoms with Gasteiger partial charge in [-0.1, -0.05) is 28.4 Å². The summed E-state index contributed by atoms with van der Waals surface area (Å²) < 4.78 is 75.1. The van der Waals surface area contributed by atoms with Crippen LogP contribution in [0.15, 0.2) is 70.4 Å². The van der Waals surface area contributed by atoms with Gasteiger partial charge in [0.25, 0.3) is 0 Å². The van der Waals surface area contributed by atoms with Crippen LogP contribution in [-0.2, 0) is 32.3 Å². The Morgan fingerprint density at radius 2 is 1.64 bits per heavy atom. The summed E-state index contributed by atoms with van der Waals surface area (Å²) in [6, 6.07) is 13.9. The molecule has 0 radical (unpaired) electrons. The third-order valence-corrected chi connectivity index (χ3v) is 8.27. The first kappa shape index (κ1) is 43.7. The van der Waals surface area contributed by atoms with Crippen LogP contribution in [-0.4, -0.2) is 62.8 Å². The van der Waals surface area contributed by atoms with E-state index in [4.69, 9.17) is 47.0 Å². The van der Waals surface area contributed by atoms with E-state index in [-0.39, 0.29) is 35.1 Å². The molecule has 5 aromatic rings. The Hall–Kier alpha value is -5.00. The summed E-state index contributed by atoms with van der Waals surface area (Å²) in [7, 11) is 1.08. The van der Waals surface area contributed by atoms with Crippen molar-refractivity contribution in [3.05, 3.63) is 92.4 Å². The van der Waals surface area contributed by atoms with E-state index in [1.165, 1.54) is 6.20 Å². The molecule has 3 aromatic carbocycles. The zero-order chi connectivity index (χ0) is 41.3. The van der Waals surface area contributed by atoms with E-state index in [1.807, 2.05) is 13.8 Å². The fourth-order valence-corrected chi connectivity index (χ4v) is 5.76. The maximum Gasteiger partial charge on any atom is 0.434 e. The van der Waals surface area contributed by atoms with Crippen LogP contribution >= 0.6 is 39.1 Å². The van der Waals surface area contributed by atoms with E-state index >= 15 is 0 Å². The van der Waals surface area contributed by atoms with Gasteiger partial charge in [-0.25, -0.2) is 23.9 Å². The second-order valence-electron chi connectivity index (χ2n) is 12.1. The average Bonchev–Trinajstić information content (AvgIpc) is 3.42. The largest absolute Gasteiger partial charge is 0.479 e. The van der Waals surface area contributed by atoms with Crippen molar-refractivity contribution in [1.82, 2.24) is 19.7 Å². The highest BCUT2D eigenvalue weighted by Crippen LogP contribution is 2.41. The van der Waals surface area contributed by atoms with E-state index in [2.05, 4.69) is 36.2 Å². The highest BCUT2D eigenvalue weighted by Gasteiger charge is 2.39. The molecular weight excluding hydrogens is 853 g/mol. The summed E-state index contributed by atoms with van der Waals surface area (Å²) >= 11 is 14.6. The monoisotopic (exact) mass is 885 g/mol. The first-order valence-electron chi connectivity index (χ1n) is 16.5. The number of halogens is 7. The predicted octanol–water partition coefficient (Wildman–Crippen LogP) is 10.0. The van der Waals surface area contributed by atoms with E-state index in [0.29, 0.717) is 38.1 Å². The quantitative estimate of drug-likeness (QED) is 0.0392. The maximum atomic E-state index is 14.3. The van der Waals surface area contributed by atoms with Crippen LogP contribution in [0.3, 0.4) is 0 Å². The molecule has 5 rings (SSSR count). The van der Waals surface area contributed by atoms with Gasteiger partial charge in [0.15, 0.2) is 18.4 Å². The number of hydrogen-bond acceptors (Lipinski definition) is 11.